The Labute approximate surface area is 690 Å². The Kier molecular flexibility index (Phi) is 69.0. The molecule has 0 saturated carbocycles. The third-order valence-corrected chi connectivity index (χ3v) is 33.1. The van der Waals surface area contributed by atoms with E-state index in [1.807, 2.05) is 0 Å². The van der Waals surface area contributed by atoms with Crippen LogP contribution in [0.25, 0.3) is 0 Å². The summed E-state index contributed by atoms with van der Waals surface area (Å²) in [5.41, 5.74) is 0. The summed E-state index contributed by atoms with van der Waals surface area (Å²) in [6.45, 7) is 71.9. The molecule has 0 fully saturated rings. The van der Waals surface area contributed by atoms with Crippen LogP contribution in [0.3, 0.4) is 0 Å². The predicted octanol–water partition coefficient (Wildman–Crippen LogP) is 38.6. The van der Waals surface area contributed by atoms with Gasteiger partial charge < -0.3 is 0 Å². The molecule has 0 saturated heterocycles. The maximum atomic E-state index is 2.58. The molecule has 0 amide bonds. The second-order valence-corrected chi connectivity index (χ2v) is 40.2. The molecule has 0 bridgehead atoms. The molecule has 0 rings (SSSR count). The van der Waals surface area contributed by atoms with Crippen LogP contribution >= 0.6 is 0 Å². The first-order chi connectivity index (χ1) is 52.1. The van der Waals surface area contributed by atoms with Crippen LogP contribution in [0.4, 0.5) is 0 Å². The van der Waals surface area contributed by atoms with Crippen molar-refractivity contribution >= 4 is 0 Å². The first-order valence-corrected chi connectivity index (χ1v) is 52.1. The van der Waals surface area contributed by atoms with E-state index < -0.39 is 0 Å². The molecule has 0 aromatic heterocycles. The zero-order chi connectivity index (χ0) is 81.2. The average Bonchev–Trinajstić information content (AvgIpc) is 0.854. The largest absolute Gasteiger partial charge is 0.0651 e. The zero-order valence-electron chi connectivity index (χ0n) is 81.2. The van der Waals surface area contributed by atoms with Crippen LogP contribution in [0.1, 0.15) is 541 Å². The fraction of sp³-hybridized carbons (Fsp3) is 1.00. The Hall–Kier alpha value is 0. The third kappa shape index (κ3) is 47.4. The average molecular weight is 1520 g/mol. The number of hydrogen-bond donors (Lipinski definition) is 0. The maximum absolute atomic E-state index is 2.58. The van der Waals surface area contributed by atoms with E-state index in [-0.39, 0.29) is 0 Å². The molecule has 0 radical (unpaired) electrons. The Morgan fingerprint density at radius 3 is 0.194 bits per heavy atom. The monoisotopic (exact) mass is 1520 g/mol. The van der Waals surface area contributed by atoms with E-state index in [4.69, 9.17) is 0 Å². The lowest BCUT2D eigenvalue weighted by atomic mass is 9.68. The Bertz CT molecular complexity index is 1530. The van der Waals surface area contributed by atoms with Gasteiger partial charge in [0.15, 0.2) is 0 Å². The molecule has 0 nitrogen and oxygen atoms in total. The number of rotatable bonds is 79. The SMILES string of the molecule is CCC(CC)CC(CC(CC)CC)CC(CCC(CC(CC(CC(CC)CC)CC(CC)CC)CC(CC(CC)CC)CC(CC)CC)CC(CC(CC(CC)CC)CC(CC)CC)CC(CC(CC)CC)CC(CC)CC)CC(CC(CC(CC)CC)CC(CC)CC)CC(CC(CC)CC)CC(CC)CC. The van der Waals surface area contributed by atoms with Crippen molar-refractivity contribution < 1.29 is 0 Å². The van der Waals surface area contributed by atoms with Crippen molar-refractivity contribution in [3.05, 3.63) is 0 Å². The molecule has 108 heavy (non-hydrogen) atoms. The van der Waals surface area contributed by atoms with E-state index in [9.17, 15) is 0 Å². The second kappa shape index (κ2) is 69.0. The lowest BCUT2D eigenvalue weighted by molar-refractivity contribution is 0.133. The quantitative estimate of drug-likeness (QED) is 0.0569. The minimum absolute atomic E-state index is 0.820. The summed E-state index contributed by atoms with van der Waals surface area (Å²) < 4.78 is 0. The summed E-state index contributed by atoms with van der Waals surface area (Å²) in [4.78, 5) is 0. The van der Waals surface area contributed by atoms with E-state index in [0.29, 0.717) is 0 Å². The lowest BCUT2D eigenvalue weighted by Crippen LogP contribution is -2.26. The van der Waals surface area contributed by atoms with Gasteiger partial charge in [0, 0.05) is 0 Å². The summed E-state index contributed by atoms with van der Waals surface area (Å²) in [6, 6.07) is 0. The highest BCUT2D eigenvalue weighted by atomic mass is 14.4. The molecule has 650 valence electrons. The maximum Gasteiger partial charge on any atom is -0.0406 e. The highest BCUT2D eigenvalue weighted by Gasteiger charge is 2.36. The molecular formula is C108H218. The van der Waals surface area contributed by atoms with E-state index in [1.54, 1.807) is 0 Å². The van der Waals surface area contributed by atoms with Gasteiger partial charge in [-0.3, -0.25) is 0 Å². The van der Waals surface area contributed by atoms with E-state index in [0.717, 1.165) is 154 Å². The molecule has 1 unspecified atom stereocenters. The second-order valence-electron chi connectivity index (χ2n) is 40.2. The smallest absolute Gasteiger partial charge is 0.0406 e. The minimum Gasteiger partial charge on any atom is -0.0651 e. The van der Waals surface area contributed by atoms with Crippen molar-refractivity contribution in [1.82, 2.24) is 0 Å². The van der Waals surface area contributed by atoms with Crippen molar-refractivity contribution in [2.45, 2.75) is 541 Å². The van der Waals surface area contributed by atoms with Crippen molar-refractivity contribution in [2.75, 3.05) is 0 Å². The highest BCUT2D eigenvalue weighted by Crippen LogP contribution is 2.48. The van der Waals surface area contributed by atoms with Crippen molar-refractivity contribution in [3.63, 3.8) is 0 Å². The molecular weight excluding hydrogens is 1300 g/mol. The molecule has 0 N–H and O–H groups in total. The van der Waals surface area contributed by atoms with Crippen LogP contribution in [0, 0.1) is 154 Å². The highest BCUT2D eigenvalue weighted by molar-refractivity contribution is 4.87. The van der Waals surface area contributed by atoms with Crippen LogP contribution in [0.15, 0.2) is 0 Å². The Balaban J connectivity index is 10.2. The van der Waals surface area contributed by atoms with Crippen LogP contribution in [0.5, 0.6) is 0 Å². The normalized spacial score (nSPS) is 13.5. The molecule has 0 heterocycles. The fourth-order valence-electron chi connectivity index (χ4n) is 24.0. The minimum atomic E-state index is 0.820. The Morgan fingerprint density at radius 1 is 0.0741 bits per heavy atom. The fourth-order valence-corrected chi connectivity index (χ4v) is 24.0. The van der Waals surface area contributed by atoms with Gasteiger partial charge in [0.1, 0.15) is 0 Å². The predicted molar refractivity (Wildman–Crippen MR) is 499 cm³/mol. The Morgan fingerprint density at radius 2 is 0.130 bits per heavy atom. The number of hydrogen-bond acceptors (Lipinski definition) is 0. The first kappa shape index (κ1) is 108. The van der Waals surface area contributed by atoms with Crippen LogP contribution < -0.4 is 0 Å². The molecule has 0 aliphatic carbocycles. The standard InChI is InChI=1S/C108H218/c1-29-83(30-2)59-99(60-84(31-3)32-4)73-97(74-106(77-100(61-85(33-5)34-6)62-86(35-7)36-8)78-101(63-87(37-9)38-10)64-88(39-11)40-12)57-58-98(75-107(79-102(65-89(41-13)42-14)66-90(43-15)44-16)80-103(67-91(45-17)46-18)68-92(47-19)48-20)76-108(81-104(69-93(49-21)50-22)70-94(51-23)52-24)82-105(71-95(53-25)54-26)72-96(55-27)56-28/h83-108H,29-82H2,1-28H3. The van der Waals surface area contributed by atoms with Gasteiger partial charge in [-0.15, -0.1) is 0 Å². The first-order valence-electron chi connectivity index (χ1n) is 52.1. The zero-order valence-corrected chi connectivity index (χ0v) is 81.2. The third-order valence-electron chi connectivity index (χ3n) is 33.1. The summed E-state index contributed by atoms with van der Waals surface area (Å²) in [5.74, 6) is 22.4. The molecule has 0 aromatic rings. The van der Waals surface area contributed by atoms with Gasteiger partial charge in [0.2, 0.25) is 0 Å². The van der Waals surface area contributed by atoms with Gasteiger partial charge in [-0.2, -0.15) is 0 Å². The summed E-state index contributed by atoms with van der Waals surface area (Å²) in [5, 5.41) is 0. The van der Waals surface area contributed by atoms with Gasteiger partial charge in [-0.25, -0.2) is 0 Å². The molecule has 0 aliphatic rings. The van der Waals surface area contributed by atoms with Crippen molar-refractivity contribution in [2.24, 2.45) is 154 Å². The summed E-state index contributed by atoms with van der Waals surface area (Å²) in [6.07, 6.45) is 77.4. The van der Waals surface area contributed by atoms with Crippen LogP contribution in [-0.2, 0) is 0 Å². The topological polar surface area (TPSA) is 0 Å². The van der Waals surface area contributed by atoms with Crippen molar-refractivity contribution in [1.29, 1.82) is 0 Å². The van der Waals surface area contributed by atoms with Crippen molar-refractivity contribution in [3.8, 4) is 0 Å². The van der Waals surface area contributed by atoms with Crippen LogP contribution in [-0.4, -0.2) is 0 Å². The van der Waals surface area contributed by atoms with Gasteiger partial charge >= 0.3 is 0 Å². The molecule has 0 aromatic carbocycles. The van der Waals surface area contributed by atoms with Crippen LogP contribution in [0.2, 0.25) is 0 Å². The lowest BCUT2D eigenvalue weighted by Gasteiger charge is -2.38. The van der Waals surface area contributed by atoms with E-state index >= 15 is 0 Å². The molecule has 0 heteroatoms. The molecule has 1 atom stereocenters. The van der Waals surface area contributed by atoms with E-state index in [2.05, 4.69) is 194 Å². The molecule has 0 spiro atoms. The summed E-state index contributed by atoms with van der Waals surface area (Å²) >= 11 is 0. The summed E-state index contributed by atoms with van der Waals surface area (Å²) in [7, 11) is 0. The van der Waals surface area contributed by atoms with Gasteiger partial charge in [-0.05, 0) is 308 Å². The van der Waals surface area contributed by atoms with Gasteiger partial charge in [0.05, 0.1) is 0 Å². The van der Waals surface area contributed by atoms with Gasteiger partial charge in [-0.1, -0.05) is 386 Å². The van der Waals surface area contributed by atoms with E-state index in [1.165, 1.54) is 347 Å². The van der Waals surface area contributed by atoms with Gasteiger partial charge in [0.25, 0.3) is 0 Å². The molecule has 0 aliphatic heterocycles.